The molecule has 0 spiro atoms. The van der Waals surface area contributed by atoms with Gasteiger partial charge in [0.1, 0.15) is 5.75 Å². The lowest BCUT2D eigenvalue weighted by atomic mass is 10.0. The van der Waals surface area contributed by atoms with Crippen LogP contribution >= 0.6 is 11.8 Å². The molecule has 1 aromatic rings. The van der Waals surface area contributed by atoms with Crippen molar-refractivity contribution in [2.45, 2.75) is 50.8 Å². The van der Waals surface area contributed by atoms with E-state index in [1.54, 1.807) is 7.11 Å². The number of benzene rings is 1. The molecule has 112 valence electrons. The summed E-state index contributed by atoms with van der Waals surface area (Å²) in [7, 11) is 1.77. The third-order valence-corrected chi connectivity index (χ3v) is 5.48. The quantitative estimate of drug-likeness (QED) is 0.808. The minimum absolute atomic E-state index is 0.389. The molecule has 0 bridgehead atoms. The molecule has 1 N–H and O–H groups in total. The number of nitrogens with one attached hydrogen (secondary N) is 1. The molecular formula is C17H27NOS. The van der Waals surface area contributed by atoms with Gasteiger partial charge < -0.3 is 10.1 Å². The monoisotopic (exact) mass is 293 g/mol. The Balaban J connectivity index is 2.07. The Morgan fingerprint density at radius 1 is 1.35 bits per heavy atom. The molecule has 20 heavy (non-hydrogen) atoms. The molecule has 3 heteroatoms. The molecule has 0 aliphatic heterocycles. The zero-order chi connectivity index (χ0) is 14.4. The Morgan fingerprint density at radius 2 is 2.10 bits per heavy atom. The van der Waals surface area contributed by atoms with Gasteiger partial charge in [0.2, 0.25) is 0 Å². The van der Waals surface area contributed by atoms with Crippen LogP contribution in [-0.4, -0.2) is 24.7 Å². The van der Waals surface area contributed by atoms with E-state index >= 15 is 0 Å². The van der Waals surface area contributed by atoms with E-state index in [0.717, 1.165) is 23.3 Å². The third-order valence-electron chi connectivity index (χ3n) is 4.01. The summed E-state index contributed by atoms with van der Waals surface area (Å²) in [6.45, 7) is 5.32. The molecule has 1 saturated carbocycles. The number of thioether (sulfide) groups is 1. The van der Waals surface area contributed by atoms with Crippen molar-refractivity contribution in [3.8, 4) is 5.75 Å². The first-order chi connectivity index (χ1) is 9.74. The van der Waals surface area contributed by atoms with E-state index in [9.17, 15) is 0 Å². The minimum atomic E-state index is 0.389. The summed E-state index contributed by atoms with van der Waals surface area (Å²) >= 11 is 2.13. The fraction of sp³-hybridized carbons (Fsp3) is 0.647. The summed E-state index contributed by atoms with van der Waals surface area (Å²) in [5, 5.41) is 4.49. The number of aryl methyl sites for hydroxylation is 1. The van der Waals surface area contributed by atoms with Crippen LogP contribution in [0, 0.1) is 6.92 Å². The van der Waals surface area contributed by atoms with Crippen molar-refractivity contribution in [3.63, 3.8) is 0 Å². The molecule has 1 fully saturated rings. The van der Waals surface area contributed by atoms with Gasteiger partial charge in [0.15, 0.2) is 0 Å². The van der Waals surface area contributed by atoms with Gasteiger partial charge in [-0.2, -0.15) is 11.8 Å². The fourth-order valence-corrected chi connectivity index (χ4v) is 4.35. The lowest BCUT2D eigenvalue weighted by molar-refractivity contribution is 0.403. The molecular weight excluding hydrogens is 266 g/mol. The summed E-state index contributed by atoms with van der Waals surface area (Å²) in [6.07, 6.45) is 5.62. The van der Waals surface area contributed by atoms with E-state index in [0.29, 0.717) is 6.04 Å². The average molecular weight is 293 g/mol. The van der Waals surface area contributed by atoms with Gasteiger partial charge in [-0.15, -0.1) is 0 Å². The minimum Gasteiger partial charge on any atom is -0.496 e. The number of ether oxygens (including phenoxy) is 1. The van der Waals surface area contributed by atoms with Crippen LogP contribution in [0.15, 0.2) is 18.2 Å². The smallest absolute Gasteiger partial charge is 0.123 e. The van der Waals surface area contributed by atoms with E-state index in [1.807, 2.05) is 0 Å². The van der Waals surface area contributed by atoms with Gasteiger partial charge in [-0.05, 0) is 32.4 Å². The molecule has 0 saturated heterocycles. The highest BCUT2D eigenvalue weighted by molar-refractivity contribution is 7.99. The van der Waals surface area contributed by atoms with Gasteiger partial charge in [0, 0.05) is 22.6 Å². The highest BCUT2D eigenvalue weighted by Crippen LogP contribution is 2.34. The summed E-state index contributed by atoms with van der Waals surface area (Å²) < 4.78 is 5.55. The molecule has 1 aliphatic rings. The summed E-state index contributed by atoms with van der Waals surface area (Å²) in [6, 6.07) is 6.87. The topological polar surface area (TPSA) is 21.3 Å². The highest BCUT2D eigenvalue weighted by atomic mass is 32.2. The van der Waals surface area contributed by atoms with Crippen molar-refractivity contribution in [1.29, 1.82) is 0 Å². The second-order valence-corrected chi connectivity index (χ2v) is 6.93. The normalized spacial score (nSPS) is 17.4. The summed E-state index contributed by atoms with van der Waals surface area (Å²) in [5.74, 6) is 2.15. The molecule has 1 unspecified atom stereocenters. The van der Waals surface area contributed by atoms with E-state index in [1.165, 1.54) is 36.8 Å². The van der Waals surface area contributed by atoms with Gasteiger partial charge in [-0.1, -0.05) is 37.5 Å². The molecule has 0 radical (unpaired) electrons. The van der Waals surface area contributed by atoms with Crippen LogP contribution in [0.2, 0.25) is 0 Å². The van der Waals surface area contributed by atoms with E-state index in [-0.39, 0.29) is 0 Å². The molecule has 1 aromatic carbocycles. The molecule has 2 nitrogen and oxygen atoms in total. The maximum absolute atomic E-state index is 5.55. The fourth-order valence-electron chi connectivity index (χ4n) is 2.92. The van der Waals surface area contributed by atoms with Crippen LogP contribution in [0.1, 0.15) is 49.8 Å². The molecule has 0 heterocycles. The molecule has 1 atom stereocenters. The van der Waals surface area contributed by atoms with Gasteiger partial charge >= 0.3 is 0 Å². The zero-order valence-corrected chi connectivity index (χ0v) is 13.8. The van der Waals surface area contributed by atoms with Crippen molar-refractivity contribution in [2.24, 2.45) is 0 Å². The van der Waals surface area contributed by atoms with E-state index in [2.05, 4.69) is 49.1 Å². The maximum atomic E-state index is 5.55. The lowest BCUT2D eigenvalue weighted by Crippen LogP contribution is -2.24. The third kappa shape index (κ3) is 4.16. The standard InChI is InChI=1S/C17H27NOS/c1-4-18-16(12-20-14-7-5-6-8-14)15-11-13(2)9-10-17(15)19-3/h9-11,14,16,18H,4-8,12H2,1-3H3. The first-order valence-corrected chi connectivity index (χ1v) is 8.79. The van der Waals surface area contributed by atoms with Crippen LogP contribution in [0.25, 0.3) is 0 Å². The Labute approximate surface area is 127 Å². The van der Waals surface area contributed by atoms with Crippen LogP contribution < -0.4 is 10.1 Å². The predicted octanol–water partition coefficient (Wildman–Crippen LogP) is 4.33. The van der Waals surface area contributed by atoms with Crippen molar-refractivity contribution in [1.82, 2.24) is 5.32 Å². The number of rotatable bonds is 7. The van der Waals surface area contributed by atoms with E-state index < -0.39 is 0 Å². The second-order valence-electron chi connectivity index (χ2n) is 5.60. The Bertz CT molecular complexity index is 415. The second kappa shape index (κ2) is 7.94. The van der Waals surface area contributed by atoms with Crippen LogP contribution in [0.5, 0.6) is 5.75 Å². The zero-order valence-electron chi connectivity index (χ0n) is 12.9. The molecule has 1 aliphatic carbocycles. The first kappa shape index (κ1) is 15.7. The molecule has 0 aromatic heterocycles. The highest BCUT2D eigenvalue weighted by Gasteiger charge is 2.20. The number of hydrogen-bond acceptors (Lipinski definition) is 3. The Morgan fingerprint density at radius 3 is 2.75 bits per heavy atom. The van der Waals surface area contributed by atoms with Crippen LogP contribution in [0.4, 0.5) is 0 Å². The van der Waals surface area contributed by atoms with Crippen molar-refractivity contribution in [3.05, 3.63) is 29.3 Å². The van der Waals surface area contributed by atoms with Crippen molar-refractivity contribution >= 4 is 11.8 Å². The Kier molecular flexibility index (Phi) is 6.24. The number of methoxy groups -OCH3 is 1. The largest absolute Gasteiger partial charge is 0.496 e. The van der Waals surface area contributed by atoms with Gasteiger partial charge in [-0.25, -0.2) is 0 Å². The van der Waals surface area contributed by atoms with Gasteiger partial charge in [0.05, 0.1) is 7.11 Å². The van der Waals surface area contributed by atoms with Crippen LogP contribution in [0.3, 0.4) is 0 Å². The maximum Gasteiger partial charge on any atom is 0.123 e. The summed E-state index contributed by atoms with van der Waals surface area (Å²) in [4.78, 5) is 0. The van der Waals surface area contributed by atoms with Crippen LogP contribution in [-0.2, 0) is 0 Å². The number of hydrogen-bond donors (Lipinski definition) is 1. The van der Waals surface area contributed by atoms with Crippen molar-refractivity contribution < 1.29 is 4.74 Å². The van der Waals surface area contributed by atoms with Crippen molar-refractivity contribution in [2.75, 3.05) is 19.4 Å². The van der Waals surface area contributed by atoms with Gasteiger partial charge in [-0.3, -0.25) is 0 Å². The average Bonchev–Trinajstić information content (AvgIpc) is 2.96. The first-order valence-electron chi connectivity index (χ1n) is 7.74. The molecule has 2 rings (SSSR count). The SMILES string of the molecule is CCNC(CSC1CCCC1)c1cc(C)ccc1OC. The Hall–Kier alpha value is -0.670. The van der Waals surface area contributed by atoms with E-state index in [4.69, 9.17) is 4.74 Å². The summed E-state index contributed by atoms with van der Waals surface area (Å²) in [5.41, 5.74) is 2.61. The lowest BCUT2D eigenvalue weighted by Gasteiger charge is -2.22. The predicted molar refractivity (Wildman–Crippen MR) is 88.9 cm³/mol. The van der Waals surface area contributed by atoms with Gasteiger partial charge in [0.25, 0.3) is 0 Å². The molecule has 0 amide bonds.